The van der Waals surface area contributed by atoms with E-state index >= 15 is 0 Å². The minimum absolute atomic E-state index is 0.00356. The molecule has 9 heteroatoms. The summed E-state index contributed by atoms with van der Waals surface area (Å²) >= 11 is 0. The van der Waals surface area contributed by atoms with Crippen LogP contribution in [0.2, 0.25) is 0 Å². The number of hydrogen-bond acceptors (Lipinski definition) is 5. The molecule has 1 heterocycles. The SMILES string of the molecule is N=C(N)C1CCC2CC(C(=O)NC3CCCC(F)C3)N(CCS(=O)(=O)C3CCCCC3)C2C1. The number of amidine groups is 1. The second-order valence-electron chi connectivity index (χ2n) is 10.9. The van der Waals surface area contributed by atoms with Gasteiger partial charge < -0.3 is 11.1 Å². The zero-order valence-electron chi connectivity index (χ0n) is 19.7. The van der Waals surface area contributed by atoms with Gasteiger partial charge in [0.25, 0.3) is 0 Å². The van der Waals surface area contributed by atoms with Crippen molar-refractivity contribution in [3.8, 4) is 0 Å². The Morgan fingerprint density at radius 1 is 1.00 bits per heavy atom. The number of rotatable bonds is 7. The van der Waals surface area contributed by atoms with Crippen LogP contribution in [0, 0.1) is 17.2 Å². The quantitative estimate of drug-likeness (QED) is 0.379. The Hall–Kier alpha value is -1.22. The summed E-state index contributed by atoms with van der Waals surface area (Å²) in [6.07, 6.45) is 9.38. The number of nitrogens with one attached hydrogen (secondary N) is 2. The van der Waals surface area contributed by atoms with E-state index in [1.165, 1.54) is 0 Å². The maximum absolute atomic E-state index is 13.9. The van der Waals surface area contributed by atoms with E-state index in [1.54, 1.807) is 0 Å². The third-order valence-electron chi connectivity index (χ3n) is 8.70. The number of hydrogen-bond donors (Lipinski definition) is 3. The summed E-state index contributed by atoms with van der Waals surface area (Å²) in [5, 5.41) is 10.7. The lowest BCUT2D eigenvalue weighted by Gasteiger charge is -2.37. The Balaban J connectivity index is 1.46. The number of nitrogens with two attached hydrogens (primary N) is 1. The van der Waals surface area contributed by atoms with Crippen LogP contribution in [0.15, 0.2) is 0 Å². The number of nitrogens with zero attached hydrogens (tertiary/aromatic N) is 1. The number of amides is 1. The van der Waals surface area contributed by atoms with E-state index in [4.69, 9.17) is 11.1 Å². The van der Waals surface area contributed by atoms with Gasteiger partial charge in [0, 0.05) is 24.5 Å². The van der Waals surface area contributed by atoms with Gasteiger partial charge >= 0.3 is 0 Å². The normalized spacial score (nSPS) is 36.3. The number of carbonyl (C=O) groups is 1. The van der Waals surface area contributed by atoms with Crippen LogP contribution < -0.4 is 11.1 Å². The molecule has 1 saturated heterocycles. The Morgan fingerprint density at radius 2 is 1.76 bits per heavy atom. The molecule has 4 N–H and O–H groups in total. The van der Waals surface area contributed by atoms with Crippen LogP contribution in [0.25, 0.3) is 0 Å². The van der Waals surface area contributed by atoms with Crippen molar-refractivity contribution in [2.45, 2.75) is 113 Å². The average Bonchev–Trinajstić information content (AvgIpc) is 3.16. The monoisotopic (exact) mass is 484 g/mol. The second kappa shape index (κ2) is 10.6. The summed E-state index contributed by atoms with van der Waals surface area (Å²) in [6, 6.07) is -0.445. The van der Waals surface area contributed by atoms with Crippen molar-refractivity contribution in [3.05, 3.63) is 0 Å². The van der Waals surface area contributed by atoms with Crippen LogP contribution in [-0.4, -0.2) is 66.9 Å². The molecule has 0 aromatic heterocycles. The molecule has 4 fully saturated rings. The Morgan fingerprint density at radius 3 is 2.45 bits per heavy atom. The van der Waals surface area contributed by atoms with Crippen molar-refractivity contribution >= 4 is 21.6 Å². The fourth-order valence-electron chi connectivity index (χ4n) is 6.79. The second-order valence-corrected chi connectivity index (χ2v) is 13.3. The molecule has 188 valence electrons. The number of halogens is 1. The van der Waals surface area contributed by atoms with Crippen LogP contribution in [0.3, 0.4) is 0 Å². The minimum Gasteiger partial charge on any atom is -0.387 e. The van der Waals surface area contributed by atoms with E-state index in [-0.39, 0.29) is 46.8 Å². The molecule has 6 atom stereocenters. The molecule has 3 aliphatic carbocycles. The number of carbonyl (C=O) groups excluding carboxylic acids is 1. The van der Waals surface area contributed by atoms with Crippen molar-refractivity contribution in [1.82, 2.24) is 10.2 Å². The predicted octanol–water partition coefficient (Wildman–Crippen LogP) is 2.93. The van der Waals surface area contributed by atoms with Crippen molar-refractivity contribution < 1.29 is 17.6 Å². The number of sulfone groups is 1. The lowest BCUT2D eigenvalue weighted by atomic mass is 9.78. The van der Waals surface area contributed by atoms with Gasteiger partial charge in [-0.1, -0.05) is 19.3 Å². The fraction of sp³-hybridized carbons (Fsp3) is 0.917. The number of likely N-dealkylation sites (tertiary alicyclic amines) is 1. The van der Waals surface area contributed by atoms with Crippen LogP contribution in [0.4, 0.5) is 4.39 Å². The first-order valence-electron chi connectivity index (χ1n) is 13.0. The summed E-state index contributed by atoms with van der Waals surface area (Å²) in [5.74, 6) is 0.487. The lowest BCUT2D eigenvalue weighted by molar-refractivity contribution is -0.127. The van der Waals surface area contributed by atoms with Gasteiger partial charge in [-0.3, -0.25) is 15.1 Å². The molecule has 4 rings (SSSR count). The van der Waals surface area contributed by atoms with Gasteiger partial charge in [-0.25, -0.2) is 12.8 Å². The van der Waals surface area contributed by atoms with Gasteiger partial charge in [0.15, 0.2) is 9.84 Å². The van der Waals surface area contributed by atoms with E-state index in [0.717, 1.165) is 57.8 Å². The summed E-state index contributed by atoms with van der Waals surface area (Å²) in [7, 11) is -3.21. The molecule has 3 saturated carbocycles. The minimum atomic E-state index is -3.21. The third kappa shape index (κ3) is 5.89. The van der Waals surface area contributed by atoms with E-state index in [1.807, 2.05) is 0 Å². The van der Waals surface area contributed by atoms with Crippen molar-refractivity contribution in [1.29, 1.82) is 5.41 Å². The first-order chi connectivity index (χ1) is 15.7. The summed E-state index contributed by atoms with van der Waals surface area (Å²) in [5.41, 5.74) is 5.82. The van der Waals surface area contributed by atoms with Crippen LogP contribution in [0.5, 0.6) is 0 Å². The summed E-state index contributed by atoms with van der Waals surface area (Å²) < 4.78 is 40.0. The van der Waals surface area contributed by atoms with E-state index in [9.17, 15) is 17.6 Å². The average molecular weight is 485 g/mol. The van der Waals surface area contributed by atoms with Gasteiger partial charge in [-0.15, -0.1) is 0 Å². The van der Waals surface area contributed by atoms with E-state index in [2.05, 4.69) is 10.2 Å². The van der Waals surface area contributed by atoms with Gasteiger partial charge in [0.2, 0.25) is 5.91 Å². The maximum atomic E-state index is 13.9. The smallest absolute Gasteiger partial charge is 0.237 e. The molecule has 0 aromatic carbocycles. The zero-order valence-corrected chi connectivity index (χ0v) is 20.5. The van der Waals surface area contributed by atoms with Crippen LogP contribution >= 0.6 is 0 Å². The number of alkyl halides is 1. The summed E-state index contributed by atoms with van der Waals surface area (Å²) in [4.78, 5) is 15.4. The van der Waals surface area contributed by atoms with E-state index < -0.39 is 16.0 Å². The highest BCUT2D eigenvalue weighted by Crippen LogP contribution is 2.42. The largest absolute Gasteiger partial charge is 0.387 e. The maximum Gasteiger partial charge on any atom is 0.237 e. The molecule has 6 unspecified atom stereocenters. The van der Waals surface area contributed by atoms with Crippen LogP contribution in [-0.2, 0) is 14.6 Å². The first-order valence-corrected chi connectivity index (χ1v) is 14.7. The molecule has 1 aliphatic heterocycles. The highest BCUT2D eigenvalue weighted by Gasteiger charge is 2.48. The van der Waals surface area contributed by atoms with Gasteiger partial charge in [0.05, 0.1) is 22.9 Å². The Kier molecular flexibility index (Phi) is 7.98. The van der Waals surface area contributed by atoms with Crippen molar-refractivity contribution in [3.63, 3.8) is 0 Å². The zero-order chi connectivity index (χ0) is 23.6. The molecule has 1 amide bonds. The van der Waals surface area contributed by atoms with E-state index in [0.29, 0.717) is 38.1 Å². The molecule has 4 aliphatic rings. The fourth-order valence-corrected chi connectivity index (χ4v) is 8.64. The third-order valence-corrected chi connectivity index (χ3v) is 10.9. The van der Waals surface area contributed by atoms with Gasteiger partial charge in [-0.05, 0) is 70.1 Å². The van der Waals surface area contributed by atoms with Gasteiger partial charge in [0.1, 0.15) is 6.17 Å². The standard InChI is InChI=1S/C24H41FN4O3S/c25-18-5-4-6-19(15-18)28-24(30)22-13-16-9-10-17(23(26)27)14-21(16)29(22)11-12-33(31,32)20-7-2-1-3-8-20/h16-22H,1-15H2,(H3,26,27)(H,28,30). The molecule has 0 spiro atoms. The highest BCUT2D eigenvalue weighted by molar-refractivity contribution is 7.92. The van der Waals surface area contributed by atoms with Crippen molar-refractivity contribution in [2.24, 2.45) is 17.6 Å². The Labute approximate surface area is 197 Å². The molecular weight excluding hydrogens is 443 g/mol. The number of fused-ring (bicyclic) bond motifs is 1. The first kappa shape index (κ1) is 24.9. The molecule has 33 heavy (non-hydrogen) atoms. The Bertz CT molecular complexity index is 817. The molecular formula is C24H41FN4O3S. The molecule has 0 aromatic rings. The molecule has 0 radical (unpaired) electrons. The van der Waals surface area contributed by atoms with Crippen molar-refractivity contribution in [2.75, 3.05) is 12.3 Å². The highest BCUT2D eigenvalue weighted by atomic mass is 32.2. The lowest BCUT2D eigenvalue weighted by Crippen LogP contribution is -2.52. The molecule has 0 bridgehead atoms. The summed E-state index contributed by atoms with van der Waals surface area (Å²) in [6.45, 7) is 0.346. The van der Waals surface area contributed by atoms with Crippen LogP contribution in [0.1, 0.15) is 83.5 Å². The topological polar surface area (TPSA) is 116 Å². The van der Waals surface area contributed by atoms with Gasteiger partial charge in [-0.2, -0.15) is 0 Å². The predicted molar refractivity (Wildman–Crippen MR) is 128 cm³/mol. The molecule has 7 nitrogen and oxygen atoms in total.